The molecule has 1 aliphatic carbocycles. The smallest absolute Gasteiger partial charge is 0.361 e. The summed E-state index contributed by atoms with van der Waals surface area (Å²) in [5.74, 6) is -0.111. The first-order valence-corrected chi connectivity index (χ1v) is 10.5. The summed E-state index contributed by atoms with van der Waals surface area (Å²) >= 11 is 0. The molecule has 6 heteroatoms. The van der Waals surface area contributed by atoms with E-state index >= 15 is 0 Å². The molecule has 0 aliphatic heterocycles. The maximum Gasteiger partial charge on any atom is 0.361 e. The van der Waals surface area contributed by atoms with Gasteiger partial charge in [-0.05, 0) is 44.4 Å². The second-order valence-corrected chi connectivity index (χ2v) is 7.57. The zero-order chi connectivity index (χ0) is 20.1. The van der Waals surface area contributed by atoms with Crippen molar-refractivity contribution in [2.24, 2.45) is 11.8 Å². The van der Waals surface area contributed by atoms with Crippen LogP contribution in [0.1, 0.15) is 77.6 Å². The van der Waals surface area contributed by atoms with E-state index in [0.29, 0.717) is 30.8 Å². The Morgan fingerprint density at radius 2 is 1.89 bits per heavy atom. The molecule has 1 rings (SSSR count). The Balaban J connectivity index is 2.29. The van der Waals surface area contributed by atoms with E-state index in [-0.39, 0.29) is 5.92 Å². The minimum Gasteiger partial charge on any atom is -0.477 e. The second kappa shape index (κ2) is 14.1. The van der Waals surface area contributed by atoms with E-state index in [1.165, 1.54) is 26.4 Å². The molecule has 1 saturated carbocycles. The Kier molecular flexibility index (Phi) is 12.5. The number of ketones is 1. The van der Waals surface area contributed by atoms with Crippen LogP contribution in [0, 0.1) is 11.8 Å². The average Bonchev–Trinajstić information content (AvgIpc) is 3.00. The van der Waals surface area contributed by atoms with Crippen LogP contribution in [-0.2, 0) is 23.8 Å². The summed E-state index contributed by atoms with van der Waals surface area (Å²) in [4.78, 5) is 23.1. The number of carbonyl (C=O) groups is 2. The van der Waals surface area contributed by atoms with Crippen molar-refractivity contribution < 1.29 is 28.9 Å². The van der Waals surface area contributed by atoms with Crippen LogP contribution >= 0.6 is 0 Å². The monoisotopic (exact) mass is 386 g/mol. The van der Waals surface area contributed by atoms with Gasteiger partial charge in [-0.2, -0.15) is 0 Å². The van der Waals surface area contributed by atoms with Gasteiger partial charge in [-0.25, -0.2) is 4.79 Å². The molecule has 1 N–H and O–H groups in total. The molecule has 0 aromatic carbocycles. The van der Waals surface area contributed by atoms with Gasteiger partial charge in [0, 0.05) is 26.6 Å². The number of ether oxygens (including phenoxy) is 3. The molecular formula is C21H38O6. The summed E-state index contributed by atoms with van der Waals surface area (Å²) in [7, 11) is 3.11. The highest BCUT2D eigenvalue weighted by atomic mass is 16.7. The Morgan fingerprint density at radius 3 is 2.52 bits per heavy atom. The number of Topliss-reactive ketones (excluding diaryl/α,β-unsaturated/α-hetero) is 1. The van der Waals surface area contributed by atoms with Crippen LogP contribution in [0.2, 0.25) is 0 Å². The summed E-state index contributed by atoms with van der Waals surface area (Å²) < 4.78 is 15.5. The van der Waals surface area contributed by atoms with E-state index in [2.05, 4.69) is 6.92 Å². The van der Waals surface area contributed by atoms with E-state index < -0.39 is 12.3 Å². The molecule has 0 spiro atoms. The third-order valence-corrected chi connectivity index (χ3v) is 5.66. The summed E-state index contributed by atoms with van der Waals surface area (Å²) in [6, 6.07) is 0. The van der Waals surface area contributed by atoms with Gasteiger partial charge in [0.2, 0.25) is 0 Å². The molecule has 0 bridgehead atoms. The maximum atomic E-state index is 12.3. The van der Waals surface area contributed by atoms with Crippen LogP contribution in [0.15, 0.2) is 0 Å². The third kappa shape index (κ3) is 9.17. The van der Waals surface area contributed by atoms with Gasteiger partial charge in [0.05, 0.1) is 12.7 Å². The zero-order valence-corrected chi connectivity index (χ0v) is 17.3. The number of unbranched alkanes of at least 4 members (excludes halogenated alkanes) is 3. The lowest BCUT2D eigenvalue weighted by atomic mass is 9.86. The number of methoxy groups -OCH3 is 2. The highest BCUT2D eigenvalue weighted by molar-refractivity contribution is 5.83. The van der Waals surface area contributed by atoms with Crippen LogP contribution in [0.5, 0.6) is 0 Å². The van der Waals surface area contributed by atoms with Crippen LogP contribution in [0.3, 0.4) is 0 Å². The highest BCUT2D eigenvalue weighted by Gasteiger charge is 2.34. The molecule has 27 heavy (non-hydrogen) atoms. The molecule has 6 nitrogen and oxygen atoms in total. The molecule has 0 radical (unpaired) electrons. The fourth-order valence-electron chi connectivity index (χ4n) is 4.02. The fourth-order valence-corrected chi connectivity index (χ4v) is 4.02. The highest BCUT2D eigenvalue weighted by Crippen LogP contribution is 2.36. The number of hydrogen-bond donors (Lipinski definition) is 1. The van der Waals surface area contributed by atoms with Gasteiger partial charge < -0.3 is 19.3 Å². The van der Waals surface area contributed by atoms with Gasteiger partial charge in [-0.3, -0.25) is 4.79 Å². The standard InChI is InChI=1S/C21H38O6/c1-4-5-6-9-17(25-2)13-11-16-12-14-19(22)18(16)10-7-8-15-27-21(26-3)20(23)24/h16-18,21H,4-15H2,1-3H3,(H,23,24)/t16-,17?,18+,21?/m0/s1. The molecule has 0 saturated heterocycles. The van der Waals surface area contributed by atoms with Crippen molar-refractivity contribution in [2.45, 2.75) is 89.9 Å². The Bertz CT molecular complexity index is 425. The molecular weight excluding hydrogens is 348 g/mol. The van der Waals surface area contributed by atoms with Gasteiger partial charge in [0.15, 0.2) is 0 Å². The minimum absolute atomic E-state index is 0.149. The quantitative estimate of drug-likeness (QED) is 0.316. The molecule has 4 atom stereocenters. The molecule has 0 aromatic rings. The van der Waals surface area contributed by atoms with Crippen molar-refractivity contribution in [2.75, 3.05) is 20.8 Å². The van der Waals surface area contributed by atoms with Gasteiger partial charge in [-0.15, -0.1) is 0 Å². The van der Waals surface area contributed by atoms with E-state index in [0.717, 1.165) is 44.9 Å². The molecule has 0 heterocycles. The molecule has 0 amide bonds. The summed E-state index contributed by atoms with van der Waals surface area (Å²) in [5.41, 5.74) is 0. The molecule has 2 unspecified atom stereocenters. The summed E-state index contributed by atoms with van der Waals surface area (Å²) in [5, 5.41) is 8.86. The van der Waals surface area contributed by atoms with Crippen LogP contribution in [0.4, 0.5) is 0 Å². The zero-order valence-electron chi connectivity index (χ0n) is 17.3. The van der Waals surface area contributed by atoms with E-state index in [9.17, 15) is 9.59 Å². The van der Waals surface area contributed by atoms with Crippen LogP contribution in [-0.4, -0.2) is 50.1 Å². The molecule has 1 aliphatic rings. The van der Waals surface area contributed by atoms with E-state index in [1.54, 1.807) is 7.11 Å². The lowest BCUT2D eigenvalue weighted by Gasteiger charge is -2.21. The van der Waals surface area contributed by atoms with Crippen molar-refractivity contribution in [3.63, 3.8) is 0 Å². The van der Waals surface area contributed by atoms with Crippen molar-refractivity contribution in [3.8, 4) is 0 Å². The lowest BCUT2D eigenvalue weighted by Crippen LogP contribution is -2.26. The summed E-state index contributed by atoms with van der Waals surface area (Å²) in [6.45, 7) is 2.54. The number of carboxylic acid groups (broad SMARTS) is 1. The number of carboxylic acids is 1. The van der Waals surface area contributed by atoms with Crippen molar-refractivity contribution >= 4 is 11.8 Å². The van der Waals surface area contributed by atoms with Crippen molar-refractivity contribution in [1.82, 2.24) is 0 Å². The van der Waals surface area contributed by atoms with E-state index in [4.69, 9.17) is 19.3 Å². The normalized spacial score (nSPS) is 22.1. The van der Waals surface area contributed by atoms with Gasteiger partial charge in [0.1, 0.15) is 5.78 Å². The van der Waals surface area contributed by atoms with Gasteiger partial charge >= 0.3 is 5.97 Å². The third-order valence-electron chi connectivity index (χ3n) is 5.66. The maximum absolute atomic E-state index is 12.3. The van der Waals surface area contributed by atoms with Gasteiger partial charge in [-0.1, -0.05) is 32.6 Å². The first-order chi connectivity index (χ1) is 13.0. The first-order valence-electron chi connectivity index (χ1n) is 10.5. The molecule has 1 fully saturated rings. The lowest BCUT2D eigenvalue weighted by molar-refractivity contribution is -0.183. The predicted molar refractivity (Wildman–Crippen MR) is 104 cm³/mol. The van der Waals surface area contributed by atoms with Crippen molar-refractivity contribution in [1.29, 1.82) is 0 Å². The predicted octanol–water partition coefficient (Wildman–Crippen LogP) is 4.20. The fraction of sp³-hybridized carbons (Fsp3) is 0.905. The Labute approximate surface area is 163 Å². The van der Waals surface area contributed by atoms with Crippen molar-refractivity contribution in [3.05, 3.63) is 0 Å². The Hall–Kier alpha value is -0.980. The van der Waals surface area contributed by atoms with Crippen LogP contribution in [0.25, 0.3) is 0 Å². The van der Waals surface area contributed by atoms with Crippen LogP contribution < -0.4 is 0 Å². The number of aliphatic carboxylic acids is 1. The average molecular weight is 387 g/mol. The molecule has 0 aromatic heterocycles. The van der Waals surface area contributed by atoms with E-state index in [1.807, 2.05) is 0 Å². The SMILES string of the molecule is CCCCCC(CC[C@H]1CCC(=O)[C@@H]1CCCCOC(OC)C(=O)O)OC. The van der Waals surface area contributed by atoms with Gasteiger partial charge in [0.25, 0.3) is 6.29 Å². The second-order valence-electron chi connectivity index (χ2n) is 7.57. The number of rotatable bonds is 16. The number of carbonyl (C=O) groups excluding carboxylic acids is 1. The Morgan fingerprint density at radius 1 is 1.11 bits per heavy atom. The summed E-state index contributed by atoms with van der Waals surface area (Å²) in [6.07, 6.45) is 10.1. The number of hydrogen-bond acceptors (Lipinski definition) is 5. The first kappa shape index (κ1) is 24.1. The topological polar surface area (TPSA) is 82.1 Å². The molecule has 158 valence electrons. The largest absolute Gasteiger partial charge is 0.477 e. The minimum atomic E-state index is -1.20.